The van der Waals surface area contributed by atoms with Crippen LogP contribution in [0.15, 0.2) is 230 Å². The van der Waals surface area contributed by atoms with Gasteiger partial charge < -0.3 is 15.1 Å². The molecular formula is C56H41N3O. The number of hydrazone groups is 1. The summed E-state index contributed by atoms with van der Waals surface area (Å²) in [5.41, 5.74) is 17.2. The Hall–Kier alpha value is -7.95. The Morgan fingerprint density at radius 3 is 1.57 bits per heavy atom. The lowest BCUT2D eigenvalue weighted by Gasteiger charge is -2.16. The normalized spacial score (nSPS) is 11.6. The molecule has 0 amide bonds. The largest absolute Gasteiger partial charge is 0.471 e. The van der Waals surface area contributed by atoms with Crippen LogP contribution in [0.2, 0.25) is 0 Å². The Balaban J connectivity index is 0.952. The molecule has 0 atom stereocenters. The van der Waals surface area contributed by atoms with Gasteiger partial charge in [0.15, 0.2) is 0 Å². The number of nitrogens with zero attached hydrogens (tertiary/aromatic N) is 2. The molecule has 0 aliphatic carbocycles. The third-order valence-electron chi connectivity index (χ3n) is 11.3. The predicted octanol–water partition coefficient (Wildman–Crippen LogP) is 14.0. The van der Waals surface area contributed by atoms with Gasteiger partial charge in [0, 0.05) is 22.0 Å². The van der Waals surface area contributed by atoms with Crippen molar-refractivity contribution in [3.63, 3.8) is 0 Å². The molecule has 0 saturated carbocycles. The van der Waals surface area contributed by atoms with E-state index in [1.54, 1.807) is 0 Å². The van der Waals surface area contributed by atoms with E-state index in [-0.39, 0.29) is 0 Å². The van der Waals surface area contributed by atoms with Gasteiger partial charge in [-0.05, 0) is 110 Å². The van der Waals surface area contributed by atoms with Crippen LogP contribution >= 0.6 is 0 Å². The minimum absolute atomic E-state index is 0.366. The Morgan fingerprint density at radius 1 is 0.400 bits per heavy atom. The molecule has 0 unspecified atom stereocenters. The van der Waals surface area contributed by atoms with Gasteiger partial charge in [-0.15, -0.1) is 5.10 Å². The van der Waals surface area contributed by atoms with E-state index in [1.165, 1.54) is 66.3 Å². The predicted molar refractivity (Wildman–Crippen MR) is 250 cm³/mol. The summed E-state index contributed by atoms with van der Waals surface area (Å²) < 4.78 is 8.39. The van der Waals surface area contributed by atoms with Crippen molar-refractivity contribution in [1.29, 1.82) is 0 Å². The maximum atomic E-state index is 6.00. The molecule has 0 fully saturated rings. The molecule has 0 aliphatic heterocycles. The second-order valence-electron chi connectivity index (χ2n) is 15.0. The van der Waals surface area contributed by atoms with Gasteiger partial charge in [0.05, 0.1) is 11.0 Å². The number of hydrogen-bond donors (Lipinski definition) is 1. The van der Waals surface area contributed by atoms with Gasteiger partial charge in [0.25, 0.3) is 0 Å². The maximum absolute atomic E-state index is 6.00. The third-order valence-corrected chi connectivity index (χ3v) is 11.3. The number of ether oxygens (including phenoxy) is 1. The van der Waals surface area contributed by atoms with Gasteiger partial charge in [-0.25, -0.2) is 0 Å². The SMILES string of the molecule is N/N=C(\OCc1ccc(-c2ccccc2-c2ccccc2-c2ccc(-n3c4ccccc4c4cc(-c5cccc(-c6ccccc6)c5)ccc43)cc2)cc1)c1ccccc1. The van der Waals surface area contributed by atoms with Crippen LogP contribution in [0.4, 0.5) is 0 Å². The van der Waals surface area contributed by atoms with Crippen LogP contribution in [0.1, 0.15) is 11.1 Å². The molecule has 10 rings (SSSR count). The van der Waals surface area contributed by atoms with Gasteiger partial charge in [-0.3, -0.25) is 0 Å². The van der Waals surface area contributed by atoms with Crippen LogP contribution in [0, 0.1) is 0 Å². The van der Waals surface area contributed by atoms with Gasteiger partial charge in [-0.2, -0.15) is 0 Å². The van der Waals surface area contributed by atoms with Crippen LogP contribution in [-0.2, 0) is 11.3 Å². The molecule has 9 aromatic carbocycles. The second kappa shape index (κ2) is 16.1. The smallest absolute Gasteiger partial charge is 0.237 e. The van der Waals surface area contributed by atoms with E-state index in [2.05, 4.69) is 204 Å². The highest BCUT2D eigenvalue weighted by Gasteiger charge is 2.16. The lowest BCUT2D eigenvalue weighted by molar-refractivity contribution is 0.292. The van der Waals surface area contributed by atoms with E-state index in [4.69, 9.17) is 10.6 Å². The summed E-state index contributed by atoms with van der Waals surface area (Å²) in [6.45, 7) is 0.366. The zero-order chi connectivity index (χ0) is 40.3. The first-order chi connectivity index (χ1) is 29.7. The van der Waals surface area contributed by atoms with E-state index < -0.39 is 0 Å². The van der Waals surface area contributed by atoms with E-state index in [0.29, 0.717) is 12.5 Å². The number of aromatic nitrogens is 1. The molecule has 1 aromatic heterocycles. The van der Waals surface area contributed by atoms with Crippen LogP contribution in [0.5, 0.6) is 0 Å². The molecule has 10 aromatic rings. The number of para-hydroxylation sites is 1. The van der Waals surface area contributed by atoms with Crippen LogP contribution < -0.4 is 5.84 Å². The molecule has 1 heterocycles. The molecule has 4 heteroatoms. The van der Waals surface area contributed by atoms with Crippen LogP contribution in [-0.4, -0.2) is 10.5 Å². The first kappa shape index (κ1) is 36.4. The van der Waals surface area contributed by atoms with Crippen molar-refractivity contribution in [1.82, 2.24) is 4.57 Å². The Kier molecular flexibility index (Phi) is 9.78. The average Bonchev–Trinajstić information content (AvgIpc) is 3.66. The summed E-state index contributed by atoms with van der Waals surface area (Å²) in [5.74, 6) is 6.08. The fraction of sp³-hybridized carbons (Fsp3) is 0.0179. The summed E-state index contributed by atoms with van der Waals surface area (Å²) in [7, 11) is 0. The molecular weight excluding hydrogens is 731 g/mol. The zero-order valence-electron chi connectivity index (χ0n) is 32.9. The molecule has 0 bridgehead atoms. The fourth-order valence-corrected chi connectivity index (χ4v) is 8.38. The lowest BCUT2D eigenvalue weighted by atomic mass is 9.89. The second-order valence-corrected chi connectivity index (χ2v) is 15.0. The molecule has 286 valence electrons. The summed E-state index contributed by atoms with van der Waals surface area (Å²) >= 11 is 0. The molecule has 0 aliphatic rings. The average molecular weight is 772 g/mol. The highest BCUT2D eigenvalue weighted by atomic mass is 16.5. The van der Waals surface area contributed by atoms with Crippen molar-refractivity contribution in [3.8, 4) is 61.3 Å². The molecule has 60 heavy (non-hydrogen) atoms. The first-order valence-corrected chi connectivity index (χ1v) is 20.3. The van der Waals surface area contributed by atoms with Gasteiger partial charge in [0.1, 0.15) is 6.61 Å². The molecule has 0 radical (unpaired) electrons. The molecule has 4 nitrogen and oxygen atoms in total. The summed E-state index contributed by atoms with van der Waals surface area (Å²) in [4.78, 5) is 0. The number of nitrogens with two attached hydrogens (primary N) is 1. The van der Waals surface area contributed by atoms with Crippen molar-refractivity contribution in [2.75, 3.05) is 0 Å². The summed E-state index contributed by atoms with van der Waals surface area (Å²) in [6, 6.07) is 79.6. The number of fused-ring (bicyclic) bond motifs is 3. The third kappa shape index (κ3) is 7.01. The van der Waals surface area contributed by atoms with Gasteiger partial charge >= 0.3 is 0 Å². The minimum Gasteiger partial charge on any atom is -0.471 e. The topological polar surface area (TPSA) is 52.5 Å². The van der Waals surface area contributed by atoms with Crippen molar-refractivity contribution < 1.29 is 4.74 Å². The molecule has 2 N–H and O–H groups in total. The Bertz CT molecular complexity index is 3130. The minimum atomic E-state index is 0.366. The number of rotatable bonds is 9. The summed E-state index contributed by atoms with van der Waals surface area (Å²) in [5, 5.41) is 6.35. The highest BCUT2D eigenvalue weighted by molar-refractivity contribution is 6.10. The standard InChI is InChI=1S/C56H41N3O/c57-58-56(43-16-5-2-6-17-43)60-38-39-26-28-41(29-27-39)48-20-7-9-22-50(48)51-23-10-8-21-49(51)42-30-33-47(34-31-42)59-54-25-12-11-24-52(54)53-37-46(32-35-55(53)59)45-19-13-18-44(36-45)40-14-3-1-4-15-40/h1-37H,38,57H2/b58-56-. The lowest BCUT2D eigenvalue weighted by Crippen LogP contribution is -2.09. The van der Waals surface area contributed by atoms with E-state index in [1.807, 2.05) is 30.3 Å². The van der Waals surface area contributed by atoms with E-state index in [0.717, 1.165) is 27.9 Å². The first-order valence-electron chi connectivity index (χ1n) is 20.3. The van der Waals surface area contributed by atoms with Crippen molar-refractivity contribution in [2.45, 2.75) is 6.61 Å². The van der Waals surface area contributed by atoms with Crippen LogP contribution in [0.3, 0.4) is 0 Å². The Morgan fingerprint density at radius 2 is 0.900 bits per heavy atom. The van der Waals surface area contributed by atoms with E-state index in [9.17, 15) is 0 Å². The van der Waals surface area contributed by atoms with Gasteiger partial charge in [0.2, 0.25) is 5.90 Å². The fourth-order valence-electron chi connectivity index (χ4n) is 8.38. The highest BCUT2D eigenvalue weighted by Crippen LogP contribution is 2.40. The maximum Gasteiger partial charge on any atom is 0.237 e. The number of hydrogen-bond acceptors (Lipinski definition) is 3. The molecule has 0 spiro atoms. The molecule has 0 saturated heterocycles. The Labute approximate surface area is 350 Å². The van der Waals surface area contributed by atoms with Crippen molar-refractivity contribution in [3.05, 3.63) is 236 Å². The quantitative estimate of drug-likeness (QED) is 0.0688. The van der Waals surface area contributed by atoms with Crippen LogP contribution in [0.25, 0.3) is 83.1 Å². The number of benzene rings is 9. The van der Waals surface area contributed by atoms with Gasteiger partial charge in [-0.1, -0.05) is 176 Å². The van der Waals surface area contributed by atoms with E-state index >= 15 is 0 Å². The monoisotopic (exact) mass is 771 g/mol. The zero-order valence-corrected chi connectivity index (χ0v) is 32.9. The van der Waals surface area contributed by atoms with Crippen molar-refractivity contribution in [2.24, 2.45) is 10.9 Å². The summed E-state index contributed by atoms with van der Waals surface area (Å²) in [6.07, 6.45) is 0. The van der Waals surface area contributed by atoms with Crippen molar-refractivity contribution >= 4 is 27.7 Å².